The molecule has 0 radical (unpaired) electrons. The van der Waals surface area contributed by atoms with Crippen LogP contribution in [0.1, 0.15) is 89.5 Å². The zero-order valence-electron chi connectivity index (χ0n) is 24.8. The highest BCUT2D eigenvalue weighted by Gasteiger charge is 2.25. The van der Waals surface area contributed by atoms with Crippen molar-refractivity contribution in [1.29, 1.82) is 0 Å². The minimum absolute atomic E-state index is 0.0310. The van der Waals surface area contributed by atoms with Crippen molar-refractivity contribution in [3.05, 3.63) is 23.8 Å². The Bertz CT molecular complexity index is 1060. The number of carbonyl (C=O) groups excluding carboxylic acids is 3. The number of nitrogens with one attached hydrogen (secondary N) is 2. The number of carbonyl (C=O) groups is 3. The lowest BCUT2D eigenvalue weighted by Crippen LogP contribution is -2.50. The van der Waals surface area contributed by atoms with E-state index in [0.717, 1.165) is 31.2 Å². The van der Waals surface area contributed by atoms with Crippen LogP contribution in [0.3, 0.4) is 0 Å². The Labute approximate surface area is 244 Å². The SMILES string of the molecule is CCOC(=O)CN1Cc2cc(OCCCC(=O)N(C)C3CCCCC3)ccc2N=C1NC(=O)NCC1CCCCC1. The number of rotatable bonds is 11. The number of benzene rings is 1. The first kappa shape index (κ1) is 30.7. The van der Waals surface area contributed by atoms with Crippen LogP contribution in [0, 0.1) is 5.92 Å². The predicted octanol–water partition coefficient (Wildman–Crippen LogP) is 4.88. The molecule has 10 heteroatoms. The molecule has 2 fully saturated rings. The molecule has 10 nitrogen and oxygen atoms in total. The molecule has 0 spiro atoms. The molecule has 3 aliphatic rings. The van der Waals surface area contributed by atoms with Crippen molar-refractivity contribution >= 4 is 29.6 Å². The monoisotopic (exact) mass is 569 g/mol. The van der Waals surface area contributed by atoms with Crippen LogP contribution in [0.15, 0.2) is 23.2 Å². The zero-order valence-corrected chi connectivity index (χ0v) is 24.8. The summed E-state index contributed by atoms with van der Waals surface area (Å²) in [5, 5.41) is 5.82. The second-order valence-corrected chi connectivity index (χ2v) is 11.5. The number of urea groups is 1. The fourth-order valence-electron chi connectivity index (χ4n) is 5.99. The molecule has 0 atom stereocenters. The third-order valence-electron chi connectivity index (χ3n) is 8.38. The lowest BCUT2D eigenvalue weighted by atomic mass is 9.89. The van der Waals surface area contributed by atoms with E-state index in [2.05, 4.69) is 15.6 Å². The summed E-state index contributed by atoms with van der Waals surface area (Å²) in [5.41, 5.74) is 1.59. The molecule has 1 aromatic carbocycles. The van der Waals surface area contributed by atoms with Crippen LogP contribution in [0.4, 0.5) is 10.5 Å². The van der Waals surface area contributed by atoms with Crippen molar-refractivity contribution in [3.63, 3.8) is 0 Å². The van der Waals surface area contributed by atoms with Gasteiger partial charge in [0.2, 0.25) is 11.9 Å². The van der Waals surface area contributed by atoms with Gasteiger partial charge in [0.1, 0.15) is 12.3 Å². The smallest absolute Gasteiger partial charge is 0.325 e. The Balaban J connectivity index is 1.32. The van der Waals surface area contributed by atoms with Gasteiger partial charge in [-0.3, -0.25) is 14.9 Å². The van der Waals surface area contributed by atoms with E-state index < -0.39 is 0 Å². The minimum atomic E-state index is -0.386. The van der Waals surface area contributed by atoms with Crippen LogP contribution < -0.4 is 15.4 Å². The Morgan fingerprint density at radius 1 is 1.05 bits per heavy atom. The summed E-state index contributed by atoms with van der Waals surface area (Å²) in [5.74, 6) is 1.31. The molecule has 0 aromatic heterocycles. The molecule has 1 aliphatic heterocycles. The molecule has 1 heterocycles. The van der Waals surface area contributed by atoms with E-state index in [9.17, 15) is 14.4 Å². The molecule has 3 amide bonds. The third kappa shape index (κ3) is 9.36. The lowest BCUT2D eigenvalue weighted by Gasteiger charge is -2.31. The average Bonchev–Trinajstić information content (AvgIpc) is 2.99. The molecule has 0 saturated heterocycles. The highest BCUT2D eigenvalue weighted by atomic mass is 16.5. The zero-order chi connectivity index (χ0) is 29.0. The number of esters is 1. The number of ether oxygens (including phenoxy) is 2. The number of amides is 3. The summed E-state index contributed by atoms with van der Waals surface area (Å²) in [6.45, 7) is 3.46. The lowest BCUT2D eigenvalue weighted by molar-refractivity contribution is -0.143. The molecule has 1 aromatic rings. The Kier molecular flexibility index (Phi) is 11.7. The fraction of sp³-hybridized carbons (Fsp3) is 0.677. The van der Waals surface area contributed by atoms with E-state index in [1.165, 1.54) is 38.5 Å². The third-order valence-corrected chi connectivity index (χ3v) is 8.38. The van der Waals surface area contributed by atoms with E-state index in [1.807, 2.05) is 30.1 Å². The van der Waals surface area contributed by atoms with Crippen LogP contribution in [0.2, 0.25) is 0 Å². The molecule has 0 bridgehead atoms. The number of nitrogens with zero attached hydrogens (tertiary/aromatic N) is 3. The van der Waals surface area contributed by atoms with Gasteiger partial charge in [0, 0.05) is 38.2 Å². The molecule has 2 N–H and O–H groups in total. The Morgan fingerprint density at radius 2 is 1.78 bits per heavy atom. The summed E-state index contributed by atoms with van der Waals surface area (Å²) < 4.78 is 11.1. The van der Waals surface area contributed by atoms with Crippen LogP contribution in [-0.2, 0) is 20.9 Å². The molecule has 4 rings (SSSR count). The summed E-state index contributed by atoms with van der Waals surface area (Å²) in [6.07, 6.45) is 13.0. The number of hydrogen-bond donors (Lipinski definition) is 2. The van der Waals surface area contributed by atoms with Crippen LogP contribution in [0.5, 0.6) is 5.75 Å². The molecule has 2 aliphatic carbocycles. The maximum absolute atomic E-state index is 12.7. The maximum atomic E-state index is 12.7. The van der Waals surface area contributed by atoms with Crippen molar-refractivity contribution in [2.75, 3.05) is 33.4 Å². The van der Waals surface area contributed by atoms with Crippen molar-refractivity contribution < 1.29 is 23.9 Å². The van der Waals surface area contributed by atoms with Crippen molar-refractivity contribution in [1.82, 2.24) is 20.4 Å². The van der Waals surface area contributed by atoms with Gasteiger partial charge in [-0.2, -0.15) is 0 Å². The van der Waals surface area contributed by atoms with Crippen molar-refractivity contribution in [3.8, 4) is 5.75 Å². The maximum Gasteiger partial charge on any atom is 0.325 e. The van der Waals surface area contributed by atoms with Gasteiger partial charge in [0.05, 0.1) is 18.9 Å². The summed E-state index contributed by atoms with van der Waals surface area (Å²) >= 11 is 0. The van der Waals surface area contributed by atoms with E-state index >= 15 is 0 Å². The topological polar surface area (TPSA) is 113 Å². The quantitative estimate of drug-likeness (QED) is 0.290. The van der Waals surface area contributed by atoms with Gasteiger partial charge in [-0.1, -0.05) is 38.5 Å². The Morgan fingerprint density at radius 3 is 2.51 bits per heavy atom. The standard InChI is InChI=1S/C31H47N5O5/c1-3-40-29(38)22-36-21-24-19-26(41-18-10-15-28(37)35(2)25-13-8-5-9-14-25)16-17-27(24)33-30(36)34-31(39)32-20-23-11-6-4-7-12-23/h16-17,19,23,25H,3-15,18,20-22H2,1-2H3,(H2,32,33,34,39). The largest absolute Gasteiger partial charge is 0.494 e. The van der Waals surface area contributed by atoms with E-state index in [-0.39, 0.29) is 31.1 Å². The predicted molar refractivity (Wildman–Crippen MR) is 158 cm³/mol. The average molecular weight is 570 g/mol. The van der Waals surface area contributed by atoms with E-state index in [0.29, 0.717) is 61.9 Å². The summed E-state index contributed by atoms with van der Waals surface area (Å²) in [4.78, 5) is 46.0. The summed E-state index contributed by atoms with van der Waals surface area (Å²) in [6, 6.07) is 5.66. The van der Waals surface area contributed by atoms with Crippen LogP contribution in [-0.4, -0.2) is 73.1 Å². The normalized spacial score (nSPS) is 17.7. The van der Waals surface area contributed by atoms with Crippen LogP contribution in [0.25, 0.3) is 0 Å². The van der Waals surface area contributed by atoms with E-state index in [1.54, 1.807) is 11.8 Å². The molecular weight excluding hydrogens is 522 g/mol. The first-order valence-corrected chi connectivity index (χ1v) is 15.5. The molecular formula is C31H47N5O5. The minimum Gasteiger partial charge on any atom is -0.494 e. The van der Waals surface area contributed by atoms with Gasteiger partial charge in [-0.05, 0) is 63.1 Å². The van der Waals surface area contributed by atoms with Gasteiger partial charge in [-0.15, -0.1) is 0 Å². The first-order chi connectivity index (χ1) is 19.9. The van der Waals surface area contributed by atoms with Gasteiger partial charge >= 0.3 is 12.0 Å². The van der Waals surface area contributed by atoms with Gasteiger partial charge in [0.15, 0.2) is 0 Å². The molecule has 0 unspecified atom stereocenters. The highest BCUT2D eigenvalue weighted by Crippen LogP contribution is 2.30. The number of hydrogen-bond acceptors (Lipinski definition) is 7. The van der Waals surface area contributed by atoms with Crippen LogP contribution >= 0.6 is 0 Å². The highest BCUT2D eigenvalue weighted by molar-refractivity contribution is 5.99. The Hall–Kier alpha value is -3.30. The van der Waals surface area contributed by atoms with Crippen molar-refractivity contribution in [2.45, 2.75) is 96.6 Å². The molecule has 41 heavy (non-hydrogen) atoms. The first-order valence-electron chi connectivity index (χ1n) is 15.5. The summed E-state index contributed by atoms with van der Waals surface area (Å²) in [7, 11) is 1.93. The number of aliphatic imine (C=N–C) groups is 1. The molecule has 2 saturated carbocycles. The fourth-order valence-corrected chi connectivity index (χ4v) is 5.99. The van der Waals surface area contributed by atoms with E-state index in [4.69, 9.17) is 9.47 Å². The second-order valence-electron chi connectivity index (χ2n) is 11.5. The number of fused-ring (bicyclic) bond motifs is 1. The second kappa shape index (κ2) is 15.6. The molecule has 226 valence electrons. The van der Waals surface area contributed by atoms with Crippen molar-refractivity contribution in [2.24, 2.45) is 10.9 Å². The van der Waals surface area contributed by atoms with Gasteiger partial charge < -0.3 is 24.6 Å². The number of guanidine groups is 1. The van der Waals surface area contributed by atoms with Gasteiger partial charge in [0.25, 0.3) is 0 Å². The van der Waals surface area contributed by atoms with Gasteiger partial charge in [-0.25, -0.2) is 9.79 Å².